The van der Waals surface area contributed by atoms with Crippen molar-refractivity contribution < 1.29 is 17.9 Å². The predicted octanol–water partition coefficient (Wildman–Crippen LogP) is 2.61. The molecule has 0 aliphatic rings. The number of esters is 1. The van der Waals surface area contributed by atoms with E-state index in [0.29, 0.717) is 9.77 Å². The van der Waals surface area contributed by atoms with Gasteiger partial charge in [-0.2, -0.15) is 0 Å². The van der Waals surface area contributed by atoms with Crippen LogP contribution in [-0.2, 0) is 14.6 Å². The van der Waals surface area contributed by atoms with Crippen LogP contribution in [-0.4, -0.2) is 27.8 Å². The van der Waals surface area contributed by atoms with Gasteiger partial charge in [-0.3, -0.25) is 0 Å². The SMILES string of the molecule is COC(=O)c1ccc(-c2ccc(S(C)(=O)=O)s2)cc1. The van der Waals surface area contributed by atoms with Crippen LogP contribution in [0.15, 0.2) is 40.6 Å². The van der Waals surface area contributed by atoms with Crippen molar-refractivity contribution in [3.05, 3.63) is 42.0 Å². The number of rotatable bonds is 3. The number of sulfone groups is 1. The highest BCUT2D eigenvalue weighted by atomic mass is 32.2. The molecular weight excluding hydrogens is 284 g/mol. The summed E-state index contributed by atoms with van der Waals surface area (Å²) in [6.45, 7) is 0. The average Bonchev–Trinajstić information content (AvgIpc) is 2.87. The Labute approximate surface area is 115 Å². The Bertz CT molecular complexity index is 696. The van der Waals surface area contributed by atoms with Gasteiger partial charge in [0.2, 0.25) is 0 Å². The summed E-state index contributed by atoms with van der Waals surface area (Å²) in [4.78, 5) is 12.1. The van der Waals surface area contributed by atoms with Crippen LogP contribution >= 0.6 is 11.3 Å². The Balaban J connectivity index is 2.33. The van der Waals surface area contributed by atoms with Crippen LogP contribution in [0.25, 0.3) is 10.4 Å². The monoisotopic (exact) mass is 296 g/mol. The lowest BCUT2D eigenvalue weighted by Crippen LogP contribution is -2.00. The minimum absolute atomic E-state index is 0.333. The number of ether oxygens (including phenoxy) is 1. The number of carbonyl (C=O) groups is 1. The number of hydrogen-bond donors (Lipinski definition) is 0. The quantitative estimate of drug-likeness (QED) is 0.817. The molecule has 0 N–H and O–H groups in total. The second-order valence-electron chi connectivity index (χ2n) is 3.96. The van der Waals surface area contributed by atoms with E-state index < -0.39 is 15.8 Å². The Kier molecular flexibility index (Phi) is 3.73. The molecule has 6 heteroatoms. The molecule has 0 unspecified atom stereocenters. The fourth-order valence-electron chi connectivity index (χ4n) is 1.56. The number of benzene rings is 1. The van der Waals surface area contributed by atoms with E-state index in [-0.39, 0.29) is 0 Å². The van der Waals surface area contributed by atoms with Crippen molar-refractivity contribution in [2.45, 2.75) is 4.21 Å². The Morgan fingerprint density at radius 2 is 1.74 bits per heavy atom. The van der Waals surface area contributed by atoms with Crippen LogP contribution in [0.4, 0.5) is 0 Å². The van der Waals surface area contributed by atoms with E-state index in [2.05, 4.69) is 4.74 Å². The van der Waals surface area contributed by atoms with Gasteiger partial charge in [0.05, 0.1) is 12.7 Å². The molecule has 1 aromatic carbocycles. The number of carbonyl (C=O) groups excluding carboxylic acids is 1. The van der Waals surface area contributed by atoms with Crippen LogP contribution in [0.2, 0.25) is 0 Å². The Morgan fingerprint density at radius 3 is 2.21 bits per heavy atom. The van der Waals surface area contributed by atoms with E-state index in [4.69, 9.17) is 0 Å². The zero-order valence-corrected chi connectivity index (χ0v) is 12.0. The number of thiophene rings is 1. The summed E-state index contributed by atoms with van der Waals surface area (Å²) in [6.07, 6.45) is 1.18. The summed E-state index contributed by atoms with van der Waals surface area (Å²) < 4.78 is 27.8. The van der Waals surface area contributed by atoms with E-state index in [1.165, 1.54) is 24.7 Å². The second-order valence-corrected chi connectivity index (χ2v) is 7.29. The maximum Gasteiger partial charge on any atom is 0.337 e. The van der Waals surface area contributed by atoms with Crippen LogP contribution in [0, 0.1) is 0 Å². The van der Waals surface area contributed by atoms with Crippen molar-refractivity contribution in [2.75, 3.05) is 13.4 Å². The first-order chi connectivity index (χ1) is 8.91. The van der Waals surface area contributed by atoms with Crippen LogP contribution in [0.1, 0.15) is 10.4 Å². The molecule has 0 saturated heterocycles. The van der Waals surface area contributed by atoms with Gasteiger partial charge in [-0.15, -0.1) is 11.3 Å². The van der Waals surface area contributed by atoms with Gasteiger partial charge in [-0.05, 0) is 29.8 Å². The van der Waals surface area contributed by atoms with Gasteiger partial charge >= 0.3 is 5.97 Å². The van der Waals surface area contributed by atoms with Crippen LogP contribution < -0.4 is 0 Å². The zero-order chi connectivity index (χ0) is 14.0. The van der Waals surface area contributed by atoms with Gasteiger partial charge in [-0.25, -0.2) is 13.2 Å². The third-order valence-electron chi connectivity index (χ3n) is 2.54. The molecule has 0 radical (unpaired) electrons. The van der Waals surface area contributed by atoms with Gasteiger partial charge in [0.15, 0.2) is 9.84 Å². The van der Waals surface area contributed by atoms with E-state index in [1.807, 2.05) is 0 Å². The highest BCUT2D eigenvalue weighted by Crippen LogP contribution is 2.30. The molecule has 0 amide bonds. The van der Waals surface area contributed by atoms with Crippen molar-refractivity contribution in [1.29, 1.82) is 0 Å². The van der Waals surface area contributed by atoms with Gasteiger partial charge in [-0.1, -0.05) is 12.1 Å². The van der Waals surface area contributed by atoms with Crippen molar-refractivity contribution in [3.63, 3.8) is 0 Å². The molecule has 19 heavy (non-hydrogen) atoms. The highest BCUT2D eigenvalue weighted by molar-refractivity contribution is 7.92. The molecule has 0 bridgehead atoms. The second kappa shape index (κ2) is 5.14. The number of hydrogen-bond acceptors (Lipinski definition) is 5. The molecular formula is C13H12O4S2. The van der Waals surface area contributed by atoms with Crippen molar-refractivity contribution in [3.8, 4) is 10.4 Å². The standard InChI is InChI=1S/C13H12O4S2/c1-17-13(14)10-5-3-9(4-6-10)11-7-8-12(18-11)19(2,15)16/h3-8H,1-2H3. The molecule has 0 saturated carbocycles. The van der Waals surface area contributed by atoms with Gasteiger partial charge in [0.1, 0.15) is 4.21 Å². The topological polar surface area (TPSA) is 60.4 Å². The smallest absolute Gasteiger partial charge is 0.337 e. The summed E-state index contributed by atoms with van der Waals surface area (Å²) in [7, 11) is -1.84. The van der Waals surface area contributed by atoms with Gasteiger partial charge < -0.3 is 4.74 Å². The van der Waals surface area contributed by atoms with E-state index in [9.17, 15) is 13.2 Å². The van der Waals surface area contributed by atoms with E-state index >= 15 is 0 Å². The lowest BCUT2D eigenvalue weighted by molar-refractivity contribution is 0.0601. The summed E-state index contributed by atoms with van der Waals surface area (Å²) in [5.41, 5.74) is 1.33. The molecule has 0 spiro atoms. The first-order valence-corrected chi connectivity index (χ1v) is 8.11. The van der Waals surface area contributed by atoms with E-state index in [1.54, 1.807) is 36.4 Å². The lowest BCUT2D eigenvalue weighted by Gasteiger charge is -2.00. The van der Waals surface area contributed by atoms with Crippen molar-refractivity contribution in [2.24, 2.45) is 0 Å². The van der Waals surface area contributed by atoms with Gasteiger partial charge in [0.25, 0.3) is 0 Å². The molecule has 0 aliphatic heterocycles. The third kappa shape index (κ3) is 3.02. The highest BCUT2D eigenvalue weighted by Gasteiger charge is 2.12. The number of methoxy groups -OCH3 is 1. The third-order valence-corrected chi connectivity index (χ3v) is 5.49. The molecule has 1 aromatic heterocycles. The minimum atomic E-state index is -3.17. The summed E-state index contributed by atoms with van der Waals surface area (Å²) in [5, 5.41) is 0. The van der Waals surface area contributed by atoms with Gasteiger partial charge in [0, 0.05) is 11.1 Å². The summed E-state index contributed by atoms with van der Waals surface area (Å²) in [5.74, 6) is -0.394. The predicted molar refractivity (Wildman–Crippen MR) is 74.2 cm³/mol. The first-order valence-electron chi connectivity index (χ1n) is 5.40. The lowest BCUT2D eigenvalue weighted by atomic mass is 10.1. The van der Waals surface area contributed by atoms with Crippen LogP contribution in [0.5, 0.6) is 0 Å². The van der Waals surface area contributed by atoms with E-state index in [0.717, 1.165) is 10.4 Å². The first kappa shape index (κ1) is 13.8. The maximum absolute atomic E-state index is 11.4. The Hall–Kier alpha value is -1.66. The molecule has 1 heterocycles. The average molecular weight is 296 g/mol. The normalized spacial score (nSPS) is 11.3. The van der Waals surface area contributed by atoms with Crippen molar-refractivity contribution in [1.82, 2.24) is 0 Å². The fourth-order valence-corrected chi connectivity index (χ4v) is 3.50. The Morgan fingerprint density at radius 1 is 1.11 bits per heavy atom. The molecule has 0 fully saturated rings. The molecule has 2 rings (SSSR count). The zero-order valence-electron chi connectivity index (χ0n) is 10.4. The molecule has 0 atom stereocenters. The minimum Gasteiger partial charge on any atom is -0.465 e. The molecule has 2 aromatic rings. The maximum atomic E-state index is 11.4. The van der Waals surface area contributed by atoms with Crippen molar-refractivity contribution >= 4 is 27.1 Å². The molecule has 0 aliphatic carbocycles. The van der Waals surface area contributed by atoms with Crippen LogP contribution in [0.3, 0.4) is 0 Å². The largest absolute Gasteiger partial charge is 0.465 e. The summed E-state index contributed by atoms with van der Waals surface area (Å²) in [6, 6.07) is 10.2. The summed E-state index contributed by atoms with van der Waals surface area (Å²) >= 11 is 1.21. The fraction of sp³-hybridized carbons (Fsp3) is 0.154. The molecule has 4 nitrogen and oxygen atoms in total. The molecule has 100 valence electrons.